The third-order valence-electron chi connectivity index (χ3n) is 3.39. The van der Waals surface area contributed by atoms with Crippen LogP contribution >= 0.6 is 0 Å². The largest absolute Gasteiger partial charge is 0.459 e. The minimum Gasteiger partial charge on any atom is -0.459 e. The van der Waals surface area contributed by atoms with E-state index in [0.717, 1.165) is 12.1 Å². The fraction of sp³-hybridized carbons (Fsp3) is 0.368. The van der Waals surface area contributed by atoms with Crippen molar-refractivity contribution in [1.29, 1.82) is 0 Å². The zero-order chi connectivity index (χ0) is 15.8. The number of aromatic nitrogens is 1. The van der Waals surface area contributed by atoms with Gasteiger partial charge in [-0.05, 0) is 42.0 Å². The molecule has 0 saturated heterocycles. The van der Waals surface area contributed by atoms with Gasteiger partial charge in [-0.2, -0.15) is 0 Å². The third kappa shape index (κ3) is 5.68. The van der Waals surface area contributed by atoms with Gasteiger partial charge in [-0.15, -0.1) is 0 Å². The van der Waals surface area contributed by atoms with Crippen LogP contribution < -0.4 is 0 Å². The zero-order valence-corrected chi connectivity index (χ0v) is 13.3. The molecule has 0 bridgehead atoms. The van der Waals surface area contributed by atoms with Gasteiger partial charge in [0.1, 0.15) is 6.61 Å². The van der Waals surface area contributed by atoms with E-state index < -0.39 is 0 Å². The Kier molecular flexibility index (Phi) is 6.13. The number of hydrogen-bond donors (Lipinski definition) is 0. The summed E-state index contributed by atoms with van der Waals surface area (Å²) in [5.41, 5.74) is 3.28. The molecule has 22 heavy (non-hydrogen) atoms. The van der Waals surface area contributed by atoms with E-state index >= 15 is 0 Å². The van der Waals surface area contributed by atoms with Crippen molar-refractivity contribution < 1.29 is 9.53 Å². The number of rotatable bonds is 7. The number of hydrogen-bond acceptors (Lipinski definition) is 3. The summed E-state index contributed by atoms with van der Waals surface area (Å²) in [6, 6.07) is 14.1. The molecule has 0 fully saturated rings. The van der Waals surface area contributed by atoms with Crippen molar-refractivity contribution in [3.05, 3.63) is 65.5 Å². The van der Waals surface area contributed by atoms with Crippen molar-refractivity contribution in [1.82, 2.24) is 4.98 Å². The lowest BCUT2D eigenvalue weighted by Gasteiger charge is -2.07. The number of ether oxygens (including phenoxy) is 1. The van der Waals surface area contributed by atoms with Crippen LogP contribution in [0.4, 0.5) is 0 Å². The normalized spacial score (nSPS) is 10.7. The molecule has 0 atom stereocenters. The maximum absolute atomic E-state index is 11.8. The topological polar surface area (TPSA) is 39.2 Å². The van der Waals surface area contributed by atoms with Crippen LogP contribution in [0.25, 0.3) is 0 Å². The Morgan fingerprint density at radius 3 is 2.45 bits per heavy atom. The summed E-state index contributed by atoms with van der Waals surface area (Å²) < 4.78 is 5.22. The molecule has 0 aliphatic carbocycles. The lowest BCUT2D eigenvalue weighted by atomic mass is 10.0. The van der Waals surface area contributed by atoms with Gasteiger partial charge in [0.25, 0.3) is 0 Å². The van der Waals surface area contributed by atoms with Gasteiger partial charge in [0.05, 0.1) is 5.69 Å². The molecule has 0 aliphatic rings. The number of nitrogens with zero attached hydrogens (tertiary/aromatic N) is 1. The second kappa shape index (κ2) is 8.32. The summed E-state index contributed by atoms with van der Waals surface area (Å²) in [6.45, 7) is 4.67. The number of aryl methyl sites for hydroxylation is 1. The summed E-state index contributed by atoms with van der Waals surface area (Å²) in [4.78, 5) is 15.9. The zero-order valence-electron chi connectivity index (χ0n) is 13.3. The summed E-state index contributed by atoms with van der Waals surface area (Å²) in [5.74, 6) is 0.476. The van der Waals surface area contributed by atoms with Crippen LogP contribution in [0.5, 0.6) is 0 Å². The minimum absolute atomic E-state index is 0.183. The van der Waals surface area contributed by atoms with E-state index in [1.165, 1.54) is 11.1 Å². The molecule has 2 rings (SSSR count). The van der Waals surface area contributed by atoms with Crippen molar-refractivity contribution in [2.45, 2.75) is 39.7 Å². The average Bonchev–Trinajstić information content (AvgIpc) is 2.53. The van der Waals surface area contributed by atoms with Crippen molar-refractivity contribution in [2.75, 3.05) is 0 Å². The number of esters is 1. The molecular formula is C19H23NO2. The first kappa shape index (κ1) is 16.2. The maximum atomic E-state index is 11.8. The van der Waals surface area contributed by atoms with Crippen molar-refractivity contribution in [3.63, 3.8) is 0 Å². The van der Waals surface area contributed by atoms with Gasteiger partial charge in [0.15, 0.2) is 0 Å². The molecule has 0 saturated carbocycles. The van der Waals surface area contributed by atoms with Crippen molar-refractivity contribution in [3.8, 4) is 0 Å². The van der Waals surface area contributed by atoms with Gasteiger partial charge in [0, 0.05) is 12.6 Å². The number of pyridine rings is 1. The van der Waals surface area contributed by atoms with E-state index in [2.05, 4.69) is 43.1 Å². The molecular weight excluding hydrogens is 274 g/mol. The molecule has 3 nitrogen and oxygen atoms in total. The molecule has 1 aromatic carbocycles. The molecule has 0 radical (unpaired) electrons. The predicted octanol–water partition coefficient (Wildman–Crippen LogP) is 3.96. The van der Waals surface area contributed by atoms with E-state index in [0.29, 0.717) is 18.8 Å². The third-order valence-corrected chi connectivity index (χ3v) is 3.39. The van der Waals surface area contributed by atoms with Crippen molar-refractivity contribution in [2.24, 2.45) is 5.92 Å². The van der Waals surface area contributed by atoms with Gasteiger partial charge in [-0.3, -0.25) is 9.78 Å². The number of carbonyl (C=O) groups excluding carboxylic acids is 1. The second-order valence-electron chi connectivity index (χ2n) is 5.90. The Bertz CT molecular complexity index is 576. The Morgan fingerprint density at radius 1 is 1.09 bits per heavy atom. The van der Waals surface area contributed by atoms with Crippen LogP contribution in [0.2, 0.25) is 0 Å². The highest BCUT2D eigenvalue weighted by Gasteiger charge is 2.05. The smallest absolute Gasteiger partial charge is 0.306 e. The van der Waals surface area contributed by atoms with E-state index in [4.69, 9.17) is 4.74 Å². The molecule has 116 valence electrons. The summed E-state index contributed by atoms with van der Waals surface area (Å²) >= 11 is 0. The van der Waals surface area contributed by atoms with Gasteiger partial charge >= 0.3 is 5.97 Å². The summed E-state index contributed by atoms with van der Waals surface area (Å²) in [5, 5.41) is 0. The Hall–Kier alpha value is -2.16. The quantitative estimate of drug-likeness (QED) is 0.726. The first-order valence-corrected chi connectivity index (χ1v) is 7.77. The van der Waals surface area contributed by atoms with Crippen LogP contribution in [0.3, 0.4) is 0 Å². The van der Waals surface area contributed by atoms with Gasteiger partial charge in [-0.1, -0.05) is 44.2 Å². The number of carbonyl (C=O) groups is 1. The fourth-order valence-corrected chi connectivity index (χ4v) is 2.27. The lowest BCUT2D eigenvalue weighted by Crippen LogP contribution is -2.06. The fourth-order valence-electron chi connectivity index (χ4n) is 2.27. The van der Waals surface area contributed by atoms with Gasteiger partial charge in [-0.25, -0.2) is 0 Å². The highest BCUT2D eigenvalue weighted by molar-refractivity contribution is 5.69. The molecule has 0 amide bonds. The highest BCUT2D eigenvalue weighted by Crippen LogP contribution is 2.11. The Morgan fingerprint density at radius 2 is 1.82 bits per heavy atom. The maximum Gasteiger partial charge on any atom is 0.306 e. The first-order valence-electron chi connectivity index (χ1n) is 7.77. The second-order valence-corrected chi connectivity index (χ2v) is 5.90. The van der Waals surface area contributed by atoms with Crippen LogP contribution in [0, 0.1) is 5.92 Å². The molecule has 0 aliphatic heterocycles. The molecule has 0 N–H and O–H groups in total. The van der Waals surface area contributed by atoms with E-state index in [-0.39, 0.29) is 12.6 Å². The van der Waals surface area contributed by atoms with E-state index in [9.17, 15) is 4.79 Å². The van der Waals surface area contributed by atoms with Crippen molar-refractivity contribution >= 4 is 5.97 Å². The number of benzene rings is 1. The van der Waals surface area contributed by atoms with Crippen LogP contribution in [-0.4, -0.2) is 11.0 Å². The predicted molar refractivity (Wildman–Crippen MR) is 87.3 cm³/mol. The Labute approximate surface area is 132 Å². The van der Waals surface area contributed by atoms with Gasteiger partial charge in [0.2, 0.25) is 0 Å². The SMILES string of the molecule is CC(C)Cc1ccc(CCC(=O)OCc2ccccn2)cc1. The van der Waals surface area contributed by atoms with E-state index in [1.807, 2.05) is 18.2 Å². The molecule has 0 spiro atoms. The molecule has 2 aromatic rings. The monoisotopic (exact) mass is 297 g/mol. The molecule has 1 heterocycles. The molecule has 3 heteroatoms. The van der Waals surface area contributed by atoms with Crippen LogP contribution in [0.15, 0.2) is 48.7 Å². The highest BCUT2D eigenvalue weighted by atomic mass is 16.5. The molecule has 1 aromatic heterocycles. The Balaban J connectivity index is 1.74. The van der Waals surface area contributed by atoms with E-state index in [1.54, 1.807) is 6.20 Å². The molecule has 0 unspecified atom stereocenters. The summed E-state index contributed by atoms with van der Waals surface area (Å²) in [6.07, 6.45) is 3.90. The minimum atomic E-state index is -0.183. The lowest BCUT2D eigenvalue weighted by molar-refractivity contribution is -0.145. The standard InChI is InChI=1S/C19H23NO2/c1-15(2)13-17-8-6-16(7-9-17)10-11-19(21)22-14-18-5-3-4-12-20-18/h3-9,12,15H,10-11,13-14H2,1-2H3. The van der Waals surface area contributed by atoms with Gasteiger partial charge < -0.3 is 4.74 Å². The average molecular weight is 297 g/mol. The van der Waals surface area contributed by atoms with Crippen LogP contribution in [-0.2, 0) is 29.0 Å². The van der Waals surface area contributed by atoms with Crippen LogP contribution in [0.1, 0.15) is 37.1 Å². The first-order chi connectivity index (χ1) is 10.6. The summed E-state index contributed by atoms with van der Waals surface area (Å²) in [7, 11) is 0.